The van der Waals surface area contributed by atoms with Gasteiger partial charge in [-0.05, 0) is 18.1 Å². The third-order valence-electron chi connectivity index (χ3n) is 2.19. The number of hydrogen-bond acceptors (Lipinski definition) is 5. The summed E-state index contributed by atoms with van der Waals surface area (Å²) in [6.07, 6.45) is 2.08. The van der Waals surface area contributed by atoms with Crippen molar-refractivity contribution in [2.45, 2.75) is 11.4 Å². The van der Waals surface area contributed by atoms with Gasteiger partial charge in [0.1, 0.15) is 11.6 Å². The Morgan fingerprint density at radius 2 is 2.28 bits per heavy atom. The molecule has 1 aliphatic rings. The zero-order valence-electron chi connectivity index (χ0n) is 8.92. The molecule has 1 aromatic heterocycles. The zero-order chi connectivity index (χ0) is 12.3. The van der Waals surface area contributed by atoms with Crippen molar-refractivity contribution in [3.05, 3.63) is 23.9 Å². The van der Waals surface area contributed by atoms with Gasteiger partial charge in [0.25, 0.3) is 0 Å². The second-order valence-corrected chi connectivity index (χ2v) is 4.43. The second kappa shape index (κ2) is 7.10. The maximum absolute atomic E-state index is 11.4. The van der Waals surface area contributed by atoms with E-state index in [-0.39, 0.29) is 48.6 Å². The number of aromatic nitrogens is 1. The first-order chi connectivity index (χ1) is 8.20. The Morgan fingerprint density at radius 3 is 2.89 bits per heavy atom. The third kappa shape index (κ3) is 3.69. The number of carbonyl (C=O) groups excluding carboxylic acids is 2. The number of rotatable bonds is 4. The van der Waals surface area contributed by atoms with Crippen molar-refractivity contribution in [2.24, 2.45) is 0 Å². The summed E-state index contributed by atoms with van der Waals surface area (Å²) < 4.78 is 1.31. The van der Waals surface area contributed by atoms with Crippen LogP contribution in [0.2, 0.25) is 0 Å². The summed E-state index contributed by atoms with van der Waals surface area (Å²) in [5.41, 5.74) is 0.854. The van der Waals surface area contributed by atoms with Gasteiger partial charge >= 0.3 is 35.6 Å². The van der Waals surface area contributed by atoms with Crippen molar-refractivity contribution < 1.29 is 14.7 Å². The number of carbonyl (C=O) groups is 2. The molecule has 0 spiro atoms. The molecule has 1 aliphatic heterocycles. The van der Waals surface area contributed by atoms with Crippen LogP contribution in [-0.2, 0) is 11.2 Å². The van der Waals surface area contributed by atoms with Gasteiger partial charge in [-0.15, -0.1) is 0 Å². The van der Waals surface area contributed by atoms with E-state index in [2.05, 4.69) is 10.3 Å². The predicted molar refractivity (Wildman–Crippen MR) is 68.3 cm³/mol. The van der Waals surface area contributed by atoms with Gasteiger partial charge in [-0.3, -0.25) is 14.4 Å². The number of pyridine rings is 1. The number of nitrogens with one attached hydrogen (secondary N) is 1. The standard InChI is InChI=1S/C10H11N3O3S.Na.H/c14-5-3-7-2-1-4-11-9(7)17-13-6-8(15)12-10(13)16;;/h1-2,4,14H,3,5-6H2,(H,12,15,16);;. The summed E-state index contributed by atoms with van der Waals surface area (Å²) >= 11 is 1.11. The molecule has 0 radical (unpaired) electrons. The molecule has 0 aliphatic carbocycles. The molecule has 0 aromatic carbocycles. The first-order valence-corrected chi connectivity index (χ1v) is 5.82. The van der Waals surface area contributed by atoms with E-state index >= 15 is 0 Å². The van der Waals surface area contributed by atoms with Crippen molar-refractivity contribution >= 4 is 53.4 Å². The Hall–Kier alpha value is -0.600. The molecular weight excluding hydrogens is 265 g/mol. The molecule has 0 bridgehead atoms. The van der Waals surface area contributed by atoms with Crippen molar-refractivity contribution in [2.75, 3.05) is 13.2 Å². The first-order valence-electron chi connectivity index (χ1n) is 5.05. The molecule has 2 heterocycles. The molecule has 2 N–H and O–H groups in total. The zero-order valence-corrected chi connectivity index (χ0v) is 9.74. The SMILES string of the molecule is O=C1CN(Sc2ncccc2CCO)C(=O)N1.[NaH]. The van der Waals surface area contributed by atoms with Crippen LogP contribution in [-0.4, -0.2) is 69.0 Å². The number of nitrogens with zero attached hydrogens (tertiary/aromatic N) is 2. The minimum absolute atomic E-state index is 0. The fourth-order valence-corrected chi connectivity index (χ4v) is 2.33. The number of urea groups is 1. The van der Waals surface area contributed by atoms with Crippen LogP contribution in [0.4, 0.5) is 4.79 Å². The number of amides is 3. The van der Waals surface area contributed by atoms with Crippen LogP contribution in [0.15, 0.2) is 23.4 Å². The average Bonchev–Trinajstić information content (AvgIpc) is 2.61. The van der Waals surface area contributed by atoms with Gasteiger partial charge < -0.3 is 5.11 Å². The summed E-state index contributed by atoms with van der Waals surface area (Å²) in [6, 6.07) is 3.17. The maximum atomic E-state index is 11.4. The van der Waals surface area contributed by atoms with E-state index in [0.717, 1.165) is 17.5 Å². The van der Waals surface area contributed by atoms with E-state index in [1.54, 1.807) is 12.3 Å². The number of imide groups is 1. The molecule has 1 aromatic rings. The molecule has 1 fully saturated rings. The molecule has 18 heavy (non-hydrogen) atoms. The normalized spacial score (nSPS) is 14.4. The quantitative estimate of drug-likeness (QED) is 0.441. The Balaban J connectivity index is 0.00000162. The summed E-state index contributed by atoms with van der Waals surface area (Å²) in [6.45, 7) is 0.0447. The Bertz CT molecular complexity index is 458. The third-order valence-corrected chi connectivity index (χ3v) is 3.24. The molecule has 0 atom stereocenters. The summed E-state index contributed by atoms with van der Waals surface area (Å²) in [5.74, 6) is -0.317. The second-order valence-electron chi connectivity index (χ2n) is 3.42. The van der Waals surface area contributed by atoms with Crippen LogP contribution in [0.5, 0.6) is 0 Å². The van der Waals surface area contributed by atoms with E-state index in [9.17, 15) is 9.59 Å². The van der Waals surface area contributed by atoms with Gasteiger partial charge in [0.05, 0.1) is 0 Å². The summed E-state index contributed by atoms with van der Waals surface area (Å²) in [7, 11) is 0. The van der Waals surface area contributed by atoms with Crippen molar-refractivity contribution in [1.82, 2.24) is 14.6 Å². The molecule has 92 valence electrons. The van der Waals surface area contributed by atoms with E-state index in [0.29, 0.717) is 11.4 Å². The van der Waals surface area contributed by atoms with E-state index in [1.807, 2.05) is 6.07 Å². The van der Waals surface area contributed by atoms with E-state index in [1.165, 1.54) is 4.31 Å². The van der Waals surface area contributed by atoms with E-state index in [4.69, 9.17) is 5.11 Å². The molecule has 3 amide bonds. The fourth-order valence-electron chi connectivity index (χ4n) is 1.42. The Kier molecular flexibility index (Phi) is 6.10. The summed E-state index contributed by atoms with van der Waals surface area (Å²) in [4.78, 5) is 26.5. The molecule has 2 rings (SSSR count). The average molecular weight is 277 g/mol. The van der Waals surface area contributed by atoms with Gasteiger partial charge in [-0.2, -0.15) is 0 Å². The van der Waals surface area contributed by atoms with Crippen LogP contribution in [0.3, 0.4) is 0 Å². The number of aliphatic hydroxyl groups is 1. The molecule has 8 heteroatoms. The molecule has 6 nitrogen and oxygen atoms in total. The van der Waals surface area contributed by atoms with Gasteiger partial charge in [-0.1, -0.05) is 6.07 Å². The number of hydrogen-bond donors (Lipinski definition) is 2. The fraction of sp³-hybridized carbons (Fsp3) is 0.300. The van der Waals surface area contributed by atoms with E-state index < -0.39 is 6.03 Å². The predicted octanol–water partition coefficient (Wildman–Crippen LogP) is -0.473. The van der Waals surface area contributed by atoms with Crippen molar-refractivity contribution in [3.63, 3.8) is 0 Å². The minimum atomic E-state index is -0.430. The monoisotopic (exact) mass is 277 g/mol. The van der Waals surface area contributed by atoms with Crippen LogP contribution < -0.4 is 5.32 Å². The van der Waals surface area contributed by atoms with Crippen LogP contribution in [0.25, 0.3) is 0 Å². The van der Waals surface area contributed by atoms with Crippen LogP contribution in [0.1, 0.15) is 5.56 Å². The van der Waals surface area contributed by atoms with Crippen molar-refractivity contribution in [1.29, 1.82) is 0 Å². The Labute approximate surface area is 131 Å². The number of aliphatic hydroxyl groups excluding tert-OH is 1. The van der Waals surface area contributed by atoms with Gasteiger partial charge in [0.2, 0.25) is 5.91 Å². The first kappa shape index (κ1) is 15.5. The van der Waals surface area contributed by atoms with Crippen molar-refractivity contribution in [3.8, 4) is 0 Å². The molecule has 0 unspecified atom stereocenters. The topological polar surface area (TPSA) is 82.5 Å². The molecule has 0 saturated carbocycles. The molecule has 1 saturated heterocycles. The van der Waals surface area contributed by atoms with Crippen LogP contribution >= 0.6 is 11.9 Å². The van der Waals surface area contributed by atoms with Crippen LogP contribution in [0, 0.1) is 0 Å². The molecular formula is C10H12N3NaO3S. The van der Waals surface area contributed by atoms with Gasteiger partial charge in [0.15, 0.2) is 0 Å². The summed E-state index contributed by atoms with van der Waals surface area (Å²) in [5, 5.41) is 11.7. The Morgan fingerprint density at radius 1 is 1.50 bits per heavy atom. The van der Waals surface area contributed by atoms with Gasteiger partial charge in [-0.25, -0.2) is 9.78 Å². The van der Waals surface area contributed by atoms with Gasteiger partial charge in [0, 0.05) is 24.8 Å².